The van der Waals surface area contributed by atoms with E-state index < -0.39 is 0 Å². The molecule has 0 aliphatic heterocycles. The van der Waals surface area contributed by atoms with Gasteiger partial charge in [0.15, 0.2) is 0 Å². The average molecular weight is 810 g/mol. The number of rotatable bonds is 0. The molecule has 3 nitrogen and oxygen atoms in total. The van der Waals surface area contributed by atoms with Crippen LogP contribution >= 0.6 is 0 Å². The standard InChI is InChI=1S/4Cs.3O.4S.2V/q4*+1;7*-2;;. The molecular weight excluding hydrogens is 810 g/mol. The first-order valence-corrected chi connectivity index (χ1v) is 0. The van der Waals surface area contributed by atoms with E-state index in [1.807, 2.05) is 0 Å². The van der Waals surface area contributed by atoms with Crippen LogP contribution in [-0.2, 0) is 108 Å². The molecule has 2 radical (unpaired) electrons. The predicted octanol–water partition coefficient (Wildman–Crippen LogP) is -12.4. The molecule has 0 spiro atoms. The smallest absolute Gasteiger partial charge is 1.00 e. The summed E-state index contributed by atoms with van der Waals surface area (Å²) in [7, 11) is 0. The fourth-order valence-electron chi connectivity index (χ4n) is 0. The van der Waals surface area contributed by atoms with Gasteiger partial charge in [0.05, 0.1) is 0 Å². The van der Waals surface area contributed by atoms with E-state index in [2.05, 4.69) is 0 Å². The zero-order valence-electron chi connectivity index (χ0n) is 7.75. The second-order valence-electron chi connectivity index (χ2n) is 0. The van der Waals surface area contributed by atoms with Crippen molar-refractivity contribution in [2.75, 3.05) is 0 Å². The Morgan fingerprint density at radius 2 is 0.308 bits per heavy atom. The summed E-state index contributed by atoms with van der Waals surface area (Å²) in [5.41, 5.74) is 0. The maximum atomic E-state index is 0. The topological polar surface area (TPSA) is 85.5 Å². The van der Waals surface area contributed by atoms with Crippen molar-refractivity contribution in [3.05, 3.63) is 0 Å². The van der Waals surface area contributed by atoms with Crippen molar-refractivity contribution >= 4 is 54.0 Å². The summed E-state index contributed by atoms with van der Waals surface area (Å²) in [5, 5.41) is 0. The molecule has 0 rings (SSSR count). The Morgan fingerprint density at radius 3 is 0.308 bits per heavy atom. The van der Waals surface area contributed by atoms with Crippen molar-refractivity contribution in [3.8, 4) is 0 Å². The Bertz CT molecular complexity index is 25.4. The van der Waals surface area contributed by atoms with E-state index in [4.69, 9.17) is 0 Å². The Kier molecular flexibility index (Phi) is 770. The molecule has 0 heterocycles. The molecule has 0 fully saturated rings. The van der Waals surface area contributed by atoms with Crippen LogP contribution in [0, 0.1) is 0 Å². The molecule has 0 bridgehead atoms. The molecule has 0 aromatic carbocycles. The van der Waals surface area contributed by atoms with Crippen LogP contribution in [0.1, 0.15) is 0 Å². The summed E-state index contributed by atoms with van der Waals surface area (Å²) in [4.78, 5) is 0. The summed E-state index contributed by atoms with van der Waals surface area (Å²) >= 11 is 0. The van der Waals surface area contributed by atoms with Crippen molar-refractivity contribution in [1.29, 1.82) is 0 Å². The SMILES string of the molecule is [Cs+].[Cs+].[Cs+].[Cs+].[O-2].[O-2].[O-2].[S-2].[S-2].[S-2].[S-2].[V].[V]. The minimum atomic E-state index is 0. The zero-order chi connectivity index (χ0) is 0. The number of hydrogen-bond acceptors (Lipinski definition) is 0. The van der Waals surface area contributed by atoms with Gasteiger partial charge >= 0.3 is 276 Å². The summed E-state index contributed by atoms with van der Waals surface area (Å²) < 4.78 is 0. The largest absolute Gasteiger partial charge is 2.00 e. The normalized spacial score (nSPS) is 0. The van der Waals surface area contributed by atoms with Gasteiger partial charge in [0.1, 0.15) is 0 Å². The molecule has 0 aliphatic rings. The second kappa shape index (κ2) is 93.6. The van der Waals surface area contributed by atoms with Gasteiger partial charge < -0.3 is 70.4 Å². The molecule has 0 unspecified atom stereocenters. The van der Waals surface area contributed by atoms with Crippen LogP contribution in [-0.4, -0.2) is 0 Å². The van der Waals surface area contributed by atoms with E-state index in [1.54, 1.807) is 0 Å². The van der Waals surface area contributed by atoms with Crippen molar-refractivity contribution < 1.29 is 329 Å². The summed E-state index contributed by atoms with van der Waals surface area (Å²) in [6.45, 7) is 0. The fourth-order valence-corrected chi connectivity index (χ4v) is 0. The van der Waals surface area contributed by atoms with Gasteiger partial charge in [0.2, 0.25) is 0 Å². The molecule has 0 N–H and O–H groups in total. The quantitative estimate of drug-likeness (QED) is 0.233. The van der Waals surface area contributed by atoms with Gasteiger partial charge in [-0.05, 0) is 0 Å². The minimum absolute atomic E-state index is 0. The third-order valence-electron chi connectivity index (χ3n) is 0. The third-order valence-corrected chi connectivity index (χ3v) is 0. The monoisotopic (exact) mass is 809 g/mol. The Balaban J connectivity index is 0. The minimum Gasteiger partial charge on any atom is -2.00 e. The Morgan fingerprint density at radius 1 is 0.308 bits per heavy atom. The predicted molar refractivity (Wildman–Crippen MR) is 31.5 cm³/mol. The molecule has 13 heteroatoms. The molecule has 13 heavy (non-hydrogen) atoms. The summed E-state index contributed by atoms with van der Waals surface area (Å²) in [6, 6.07) is 0. The van der Waals surface area contributed by atoms with Gasteiger partial charge in [0.25, 0.3) is 0 Å². The van der Waals surface area contributed by atoms with Crippen LogP contribution in [0.25, 0.3) is 0 Å². The van der Waals surface area contributed by atoms with Gasteiger partial charge in [-0.1, -0.05) is 0 Å². The van der Waals surface area contributed by atoms with Gasteiger partial charge in [-0.25, -0.2) is 0 Å². The number of hydrogen-bond donors (Lipinski definition) is 0. The van der Waals surface area contributed by atoms with Crippen LogP contribution < -0.4 is 276 Å². The molecule has 0 saturated heterocycles. The Hall–Kier alpha value is 10.7. The van der Waals surface area contributed by atoms with Crippen molar-refractivity contribution in [2.45, 2.75) is 0 Å². The van der Waals surface area contributed by atoms with Crippen molar-refractivity contribution in [2.24, 2.45) is 0 Å². The van der Waals surface area contributed by atoms with Crippen molar-refractivity contribution in [3.63, 3.8) is 0 Å². The maximum absolute atomic E-state index is 0. The van der Waals surface area contributed by atoms with Crippen LogP contribution in [0.4, 0.5) is 0 Å². The zero-order valence-corrected chi connectivity index (χ0v) is 38.9. The van der Waals surface area contributed by atoms with E-state index in [9.17, 15) is 0 Å². The van der Waals surface area contributed by atoms with Gasteiger partial charge in [-0.15, -0.1) is 0 Å². The third kappa shape index (κ3) is 85.1. The second-order valence-corrected chi connectivity index (χ2v) is 0. The van der Waals surface area contributed by atoms with Gasteiger partial charge in [-0.3, -0.25) is 0 Å². The molecule has 66 valence electrons. The van der Waals surface area contributed by atoms with Gasteiger partial charge in [-0.2, -0.15) is 0 Å². The van der Waals surface area contributed by atoms with Crippen LogP contribution in [0.3, 0.4) is 0 Å². The van der Waals surface area contributed by atoms with E-state index in [1.165, 1.54) is 0 Å². The Labute approximate surface area is 368 Å². The van der Waals surface area contributed by atoms with E-state index in [-0.39, 0.29) is 383 Å². The molecule has 0 aromatic heterocycles. The first kappa shape index (κ1) is 107. The van der Waals surface area contributed by atoms with Crippen LogP contribution in [0.15, 0.2) is 0 Å². The van der Waals surface area contributed by atoms with Gasteiger partial charge in [0, 0.05) is 37.1 Å². The van der Waals surface area contributed by atoms with Crippen LogP contribution in [0.5, 0.6) is 0 Å². The molecule has 0 amide bonds. The van der Waals surface area contributed by atoms with E-state index >= 15 is 0 Å². The maximum Gasteiger partial charge on any atom is 1.00 e. The summed E-state index contributed by atoms with van der Waals surface area (Å²) in [6.07, 6.45) is 0. The molecule has 0 aromatic rings. The molecule has 0 saturated carbocycles. The molecule has 0 aliphatic carbocycles. The fraction of sp³-hybridized carbons (Fsp3) is 0. The van der Waals surface area contributed by atoms with E-state index in [0.29, 0.717) is 0 Å². The molecule has 0 atom stereocenters. The van der Waals surface area contributed by atoms with E-state index in [0.717, 1.165) is 0 Å². The first-order valence-electron chi connectivity index (χ1n) is 0. The molecular formula is Cs4O3S4V2-10. The average Bonchev–Trinajstić information content (AvgIpc) is 0. The summed E-state index contributed by atoms with van der Waals surface area (Å²) in [5.74, 6) is 0. The van der Waals surface area contributed by atoms with Crippen molar-refractivity contribution in [1.82, 2.24) is 0 Å². The first-order chi connectivity index (χ1) is 0. The van der Waals surface area contributed by atoms with Crippen LogP contribution in [0.2, 0.25) is 0 Å².